The molecule has 19 heavy (non-hydrogen) atoms. The van der Waals surface area contributed by atoms with Gasteiger partial charge in [0.2, 0.25) is 0 Å². The second-order valence-corrected chi connectivity index (χ2v) is 13.9. The van der Waals surface area contributed by atoms with Gasteiger partial charge in [0, 0.05) is 0 Å². The summed E-state index contributed by atoms with van der Waals surface area (Å²) in [7, 11) is 0. The first-order valence-corrected chi connectivity index (χ1v) is 12.4. The van der Waals surface area contributed by atoms with E-state index in [1.54, 1.807) is 0 Å². The number of carbonyl (C=O) groups is 1. The molecule has 3 saturated heterocycles. The van der Waals surface area contributed by atoms with Gasteiger partial charge in [0.1, 0.15) is 0 Å². The standard InChI is InChI=1S/C12H16I2N3O2/c1-10(7-4-8(10)6-3-2-5(6)7)19-9(18)11(13-15-11)12-14(16-12)17-12/h5-8,15-17H,2-4H2,1H3/q-1. The number of halogens is 2. The van der Waals surface area contributed by atoms with Gasteiger partial charge in [-0.15, -0.1) is 0 Å². The van der Waals surface area contributed by atoms with Crippen molar-refractivity contribution >= 4 is 26.3 Å². The molecular formula is C12H16I2N3O2-. The summed E-state index contributed by atoms with van der Waals surface area (Å²) in [4.78, 5) is 12.7. The third kappa shape index (κ3) is 1.06. The van der Waals surface area contributed by atoms with Gasteiger partial charge in [-0.2, -0.15) is 0 Å². The van der Waals surface area contributed by atoms with E-state index in [1.807, 2.05) is 0 Å². The minimum atomic E-state index is -1.06. The SMILES string of the molecule is CC1(OC(=O)C2(C34NI3N4)N[I-]2)C2CC1C1CCC12. The zero-order chi connectivity index (χ0) is 12.6. The topological polar surface area (TPSA) is 92.1 Å². The van der Waals surface area contributed by atoms with Crippen LogP contribution in [0.3, 0.4) is 0 Å². The molecule has 6 aliphatic rings. The van der Waals surface area contributed by atoms with E-state index in [1.165, 1.54) is 19.3 Å². The van der Waals surface area contributed by atoms with Gasteiger partial charge in [-0.25, -0.2) is 0 Å². The minimum absolute atomic E-state index is 0.0550. The van der Waals surface area contributed by atoms with Crippen LogP contribution in [0.25, 0.3) is 0 Å². The summed E-state index contributed by atoms with van der Waals surface area (Å²) in [6.07, 6.45) is 4.06. The van der Waals surface area contributed by atoms with Gasteiger partial charge >= 0.3 is 131 Å². The van der Waals surface area contributed by atoms with Crippen LogP contribution < -0.4 is 32.1 Å². The molecule has 0 aromatic rings. The van der Waals surface area contributed by atoms with E-state index in [0.717, 1.165) is 11.8 Å². The molecule has 5 unspecified atom stereocenters. The molecule has 3 aliphatic heterocycles. The number of alkyl halides is 2. The second kappa shape index (κ2) is 2.97. The zero-order valence-electron chi connectivity index (χ0n) is 10.5. The summed E-state index contributed by atoms with van der Waals surface area (Å²) in [5.41, 5.74) is -0.122. The molecule has 3 saturated carbocycles. The summed E-state index contributed by atoms with van der Waals surface area (Å²) < 4.78 is 16.3. The number of nitrogens with one attached hydrogen (secondary N) is 3. The van der Waals surface area contributed by atoms with Crippen molar-refractivity contribution in [1.82, 2.24) is 10.6 Å². The average molecular weight is 488 g/mol. The monoisotopic (exact) mass is 488 g/mol. The van der Waals surface area contributed by atoms with Crippen LogP contribution in [-0.4, -0.2) is 18.8 Å². The first-order chi connectivity index (χ1) is 9.11. The molecular weight excluding hydrogens is 472 g/mol. The van der Waals surface area contributed by atoms with E-state index in [9.17, 15) is 4.79 Å². The Morgan fingerprint density at radius 2 is 1.89 bits per heavy atom. The van der Waals surface area contributed by atoms with Gasteiger partial charge in [-0.05, 0) is 0 Å². The Kier molecular flexibility index (Phi) is 1.78. The van der Waals surface area contributed by atoms with E-state index < -0.39 is 20.4 Å². The molecule has 0 aromatic heterocycles. The molecule has 3 N–H and O–H groups in total. The Bertz CT molecular complexity index is 515. The van der Waals surface area contributed by atoms with Crippen molar-refractivity contribution in [2.24, 2.45) is 23.7 Å². The third-order valence-electron chi connectivity index (χ3n) is 6.41. The van der Waals surface area contributed by atoms with E-state index in [0.29, 0.717) is 11.8 Å². The first-order valence-electron chi connectivity index (χ1n) is 7.02. The van der Waals surface area contributed by atoms with Crippen LogP contribution in [0.2, 0.25) is 0 Å². The van der Waals surface area contributed by atoms with Crippen LogP contribution in [0.1, 0.15) is 26.2 Å². The number of carbonyl (C=O) groups excluding carboxylic acids is 1. The van der Waals surface area contributed by atoms with Crippen molar-refractivity contribution < 1.29 is 31.0 Å². The Morgan fingerprint density at radius 3 is 2.32 bits per heavy atom. The Labute approximate surface area is 130 Å². The van der Waals surface area contributed by atoms with Crippen LogP contribution in [-0.2, 0) is 9.53 Å². The van der Waals surface area contributed by atoms with Gasteiger partial charge in [-0.1, -0.05) is 0 Å². The maximum absolute atomic E-state index is 12.7. The van der Waals surface area contributed by atoms with Crippen molar-refractivity contribution in [2.75, 3.05) is 0 Å². The number of hydrogen-bond donors (Lipinski definition) is 3. The molecule has 3 aliphatic carbocycles. The zero-order valence-corrected chi connectivity index (χ0v) is 14.8. The molecule has 0 spiro atoms. The van der Waals surface area contributed by atoms with Crippen LogP contribution in [0.4, 0.5) is 0 Å². The fourth-order valence-corrected chi connectivity index (χ4v) is 14.9. The predicted octanol–water partition coefficient (Wildman–Crippen LogP) is -2.54. The summed E-state index contributed by atoms with van der Waals surface area (Å²) in [6, 6.07) is 0. The summed E-state index contributed by atoms with van der Waals surface area (Å²) in [5, 5.41) is 0. The van der Waals surface area contributed by atoms with E-state index in [4.69, 9.17) is 4.74 Å². The van der Waals surface area contributed by atoms with Crippen molar-refractivity contribution in [3.8, 4) is 0 Å². The van der Waals surface area contributed by atoms with Gasteiger partial charge in [-0.3, -0.25) is 0 Å². The van der Waals surface area contributed by atoms with E-state index >= 15 is 0 Å². The molecule has 0 radical (unpaired) electrons. The number of rotatable bonds is 3. The van der Waals surface area contributed by atoms with Gasteiger partial charge in [0.15, 0.2) is 0 Å². The summed E-state index contributed by atoms with van der Waals surface area (Å²) in [5.74, 6) is 3.15. The van der Waals surface area contributed by atoms with Crippen molar-refractivity contribution in [1.29, 1.82) is 0 Å². The van der Waals surface area contributed by atoms with Crippen molar-refractivity contribution in [3.63, 3.8) is 0 Å². The number of esters is 1. The summed E-state index contributed by atoms with van der Waals surface area (Å²) in [6.45, 7) is 2.21. The number of hydrogen-bond acceptors (Lipinski definition) is 5. The third-order valence-corrected chi connectivity index (χ3v) is 14.9. The summed E-state index contributed by atoms with van der Waals surface area (Å²) >= 11 is -1.26. The van der Waals surface area contributed by atoms with Crippen LogP contribution in [0, 0.1) is 23.7 Å². The van der Waals surface area contributed by atoms with E-state index in [2.05, 4.69) is 17.5 Å². The Morgan fingerprint density at radius 1 is 1.32 bits per heavy atom. The van der Waals surface area contributed by atoms with Gasteiger partial charge in [0.05, 0.1) is 0 Å². The molecule has 7 heteroatoms. The molecule has 2 bridgehead atoms. The molecule has 3 heterocycles. The van der Waals surface area contributed by atoms with Gasteiger partial charge in [0.25, 0.3) is 0 Å². The Hall–Kier alpha value is 0.810. The number of fused-ring (bicyclic) bond motifs is 6. The molecule has 6 fully saturated rings. The van der Waals surface area contributed by atoms with Crippen LogP contribution >= 0.6 is 20.4 Å². The van der Waals surface area contributed by atoms with E-state index in [-0.39, 0.29) is 40.3 Å². The Balaban J connectivity index is 1.27. The number of ether oxygens (including phenoxy) is 1. The van der Waals surface area contributed by atoms with Gasteiger partial charge < -0.3 is 0 Å². The molecule has 0 aromatic carbocycles. The quantitative estimate of drug-likeness (QED) is 0.102. The molecule has 5 atom stereocenters. The molecule has 0 amide bonds. The van der Waals surface area contributed by atoms with Crippen LogP contribution in [0.15, 0.2) is 0 Å². The van der Waals surface area contributed by atoms with Crippen molar-refractivity contribution in [2.45, 2.75) is 39.0 Å². The molecule has 106 valence electrons. The molecule has 6 rings (SSSR count). The van der Waals surface area contributed by atoms with Crippen molar-refractivity contribution in [3.05, 3.63) is 0 Å². The normalized spacial score (nSPS) is 62.7. The second-order valence-electron chi connectivity index (χ2n) is 6.91. The predicted molar refractivity (Wildman–Crippen MR) is 71.2 cm³/mol. The maximum atomic E-state index is 12.7. The fraction of sp³-hybridized carbons (Fsp3) is 0.917. The first kappa shape index (κ1) is 11.4. The average Bonchev–Trinajstić information content (AvgIpc) is 3.13. The van der Waals surface area contributed by atoms with Crippen LogP contribution in [0.5, 0.6) is 0 Å². The molecule has 5 nitrogen and oxygen atoms in total. The fourth-order valence-electron chi connectivity index (χ4n) is 4.91.